The maximum Gasteiger partial charge on any atom is 0.337 e. The lowest BCUT2D eigenvalue weighted by atomic mass is 10.0. The first-order valence-corrected chi connectivity index (χ1v) is 20.2. The number of phenolic OH excluding ortho intramolecular Hbond substituents is 1. The van der Waals surface area contributed by atoms with Gasteiger partial charge in [-0.1, -0.05) is 115 Å². The topological polar surface area (TPSA) is 244 Å². The van der Waals surface area contributed by atoms with Crippen LogP contribution in [0.3, 0.4) is 0 Å². The number of hydrogen-bond donors (Lipinski definition) is 9. The summed E-state index contributed by atoms with van der Waals surface area (Å²) in [6.45, 7) is 4.03. The molecule has 0 bridgehead atoms. The number of benzene rings is 2. The van der Waals surface area contributed by atoms with Gasteiger partial charge in [0.25, 0.3) is 0 Å². The lowest BCUT2D eigenvalue weighted by molar-refractivity contribution is -0.147. The second kappa shape index (κ2) is 43.8. The molecule has 3 atom stereocenters. The highest BCUT2D eigenvalue weighted by Gasteiger charge is 2.07. The zero-order chi connectivity index (χ0) is 43.5. The van der Waals surface area contributed by atoms with Crippen LogP contribution in [0, 0.1) is 0 Å². The Hall–Kier alpha value is -3.34. The third-order valence-electron chi connectivity index (χ3n) is 7.66. The average Bonchev–Trinajstić information content (AvgIpc) is 3.22. The predicted octanol–water partition coefficient (Wildman–Crippen LogP) is 5.42. The third kappa shape index (κ3) is 45.2. The van der Waals surface area contributed by atoms with Crippen molar-refractivity contribution in [3.63, 3.8) is 0 Å². The number of methoxy groups -OCH3 is 1. The number of aliphatic hydroxyl groups is 8. The number of unbranched alkanes of at least 4 members (excludes halogenated alkanes) is 14. The summed E-state index contributed by atoms with van der Waals surface area (Å²) < 4.78 is 14.3. The fourth-order valence-corrected chi connectivity index (χ4v) is 4.42. The Morgan fingerprint density at radius 1 is 0.596 bits per heavy atom. The Balaban J connectivity index is -0.000000744. The summed E-state index contributed by atoms with van der Waals surface area (Å²) in [7, 11) is 1.31. The van der Waals surface area contributed by atoms with Crippen LogP contribution in [-0.4, -0.2) is 123 Å². The number of ether oxygens (including phenoxy) is 3. The lowest BCUT2D eigenvalue weighted by Crippen LogP contribution is -2.21. The smallest absolute Gasteiger partial charge is 0.337 e. The highest BCUT2D eigenvalue weighted by Crippen LogP contribution is 2.14. The molecule has 57 heavy (non-hydrogen) atoms. The van der Waals surface area contributed by atoms with Crippen LogP contribution in [-0.2, 0) is 14.3 Å². The first-order valence-electron chi connectivity index (χ1n) is 20.2. The van der Waals surface area contributed by atoms with Crippen molar-refractivity contribution in [2.45, 2.75) is 148 Å². The summed E-state index contributed by atoms with van der Waals surface area (Å²) in [6, 6.07) is 15.1. The van der Waals surface area contributed by atoms with E-state index in [1.807, 2.05) is 18.2 Å². The van der Waals surface area contributed by atoms with E-state index in [1.54, 1.807) is 19.1 Å². The zero-order valence-corrected chi connectivity index (χ0v) is 34.9. The fourth-order valence-electron chi connectivity index (χ4n) is 4.42. The molecule has 0 saturated carbocycles. The van der Waals surface area contributed by atoms with E-state index in [1.165, 1.54) is 122 Å². The number of hydrogen-bond acceptors (Lipinski definition) is 14. The number of rotatable bonds is 25. The van der Waals surface area contributed by atoms with Gasteiger partial charge < -0.3 is 60.2 Å². The molecule has 14 nitrogen and oxygen atoms in total. The van der Waals surface area contributed by atoms with Crippen molar-refractivity contribution in [1.29, 1.82) is 0 Å². The summed E-state index contributed by atoms with van der Waals surface area (Å²) >= 11 is 0. The lowest BCUT2D eigenvalue weighted by Gasteiger charge is -2.08. The zero-order valence-electron chi connectivity index (χ0n) is 34.9. The maximum atomic E-state index is 11.4. The van der Waals surface area contributed by atoms with Gasteiger partial charge in [-0.25, -0.2) is 4.79 Å². The van der Waals surface area contributed by atoms with Gasteiger partial charge in [-0.3, -0.25) is 4.79 Å². The number of carbonyl (C=O) groups is 2. The van der Waals surface area contributed by atoms with Crippen molar-refractivity contribution in [2.75, 3.05) is 40.1 Å². The van der Waals surface area contributed by atoms with Gasteiger partial charge in [-0.15, -0.1) is 0 Å². The Morgan fingerprint density at radius 3 is 1.37 bits per heavy atom. The van der Waals surface area contributed by atoms with Gasteiger partial charge in [0.05, 0.1) is 45.2 Å². The second-order valence-corrected chi connectivity index (χ2v) is 13.3. The SMILES string of the molecule is CC(O)CO.CC(O)Oc1ccccc1.CCCCCCCCCCCCCCCCCC(=O)OCC(O)CO.COC(=O)c1ccc(O)cc1.OCC(O)CO. The van der Waals surface area contributed by atoms with Gasteiger partial charge >= 0.3 is 11.9 Å². The minimum atomic E-state index is -0.954. The minimum absolute atomic E-state index is 0.103. The van der Waals surface area contributed by atoms with Crippen LogP contribution in [0.2, 0.25) is 0 Å². The van der Waals surface area contributed by atoms with Gasteiger partial charge in [0.1, 0.15) is 30.3 Å². The molecule has 0 saturated heterocycles. The Bertz CT molecular complexity index is 1110. The number of carbonyl (C=O) groups excluding carboxylic acids is 2. The van der Waals surface area contributed by atoms with Crippen molar-refractivity contribution < 1.29 is 69.8 Å². The number of aliphatic hydroxyl groups excluding tert-OH is 8. The molecule has 2 aromatic rings. The van der Waals surface area contributed by atoms with Gasteiger partial charge in [0, 0.05) is 6.42 Å². The number of phenols is 1. The standard InChI is InChI=1S/C21H42O4.C8H8O3.C8H10O2.C3H8O3.C3H8O2/c1-2-3-4-5-6-7-8-9-10-11-12-13-14-15-16-17-21(24)25-19-20(23)18-22;1-11-8(10)6-2-4-7(9)5-3-6;1-7(9)10-8-5-3-2-4-6-8;4-1-3(6)2-5;1-3(5)2-4/h20,22-23H,2-19H2,1H3;2-5,9H,1H3;2-7,9H,1H3;3-6H,1-2H2;3-5H,2H2,1H3. The maximum absolute atomic E-state index is 11.4. The van der Waals surface area contributed by atoms with Crippen LogP contribution < -0.4 is 4.74 Å². The molecule has 0 fully saturated rings. The molecule has 14 heteroatoms. The van der Waals surface area contributed by atoms with E-state index >= 15 is 0 Å². The monoisotopic (exact) mass is 817 g/mol. The van der Waals surface area contributed by atoms with Crippen molar-refractivity contribution in [3.8, 4) is 11.5 Å². The molecule has 0 spiro atoms. The van der Waals surface area contributed by atoms with E-state index in [4.69, 9.17) is 55.4 Å². The van der Waals surface area contributed by atoms with E-state index in [9.17, 15) is 9.59 Å². The Kier molecular flexibility index (Phi) is 44.5. The van der Waals surface area contributed by atoms with E-state index in [2.05, 4.69) is 11.7 Å². The first kappa shape index (κ1) is 58.0. The van der Waals surface area contributed by atoms with Gasteiger partial charge in [-0.2, -0.15) is 0 Å². The molecule has 3 unspecified atom stereocenters. The van der Waals surface area contributed by atoms with Crippen LogP contribution in [0.25, 0.3) is 0 Å². The molecule has 9 N–H and O–H groups in total. The van der Waals surface area contributed by atoms with Crippen LogP contribution in [0.15, 0.2) is 54.6 Å². The molecule has 2 rings (SSSR count). The van der Waals surface area contributed by atoms with Crippen LogP contribution in [0.4, 0.5) is 0 Å². The summed E-state index contributed by atoms with van der Waals surface area (Å²) in [5.41, 5.74) is 0.435. The largest absolute Gasteiger partial charge is 0.508 e. The number of esters is 2. The normalized spacial score (nSPS) is 11.7. The van der Waals surface area contributed by atoms with Crippen molar-refractivity contribution in [1.82, 2.24) is 0 Å². The average molecular weight is 817 g/mol. The summed E-state index contributed by atoms with van der Waals surface area (Å²) in [5.74, 6) is 0.155. The Labute approximate surface area is 341 Å². The molecule has 0 amide bonds. The molecular weight excluding hydrogens is 740 g/mol. The summed E-state index contributed by atoms with van der Waals surface area (Å²) in [5, 5.41) is 75.4. The fraction of sp³-hybridized carbons (Fsp3) is 0.674. The van der Waals surface area contributed by atoms with Gasteiger partial charge in [0.15, 0.2) is 6.29 Å². The molecule has 0 aliphatic heterocycles. The summed E-state index contributed by atoms with van der Waals surface area (Å²) in [6.07, 6.45) is 16.8. The van der Waals surface area contributed by atoms with Crippen molar-refractivity contribution >= 4 is 11.9 Å². The summed E-state index contributed by atoms with van der Waals surface area (Å²) in [4.78, 5) is 22.2. The van der Waals surface area contributed by atoms with Crippen LogP contribution in [0.1, 0.15) is 134 Å². The van der Waals surface area contributed by atoms with E-state index in [0.717, 1.165) is 12.8 Å². The molecule has 0 aliphatic carbocycles. The Morgan fingerprint density at radius 2 is 1.02 bits per heavy atom. The number of aromatic hydroxyl groups is 1. The molecule has 0 aliphatic rings. The minimum Gasteiger partial charge on any atom is -0.508 e. The van der Waals surface area contributed by atoms with Crippen molar-refractivity contribution in [3.05, 3.63) is 60.2 Å². The predicted molar refractivity (Wildman–Crippen MR) is 221 cm³/mol. The van der Waals surface area contributed by atoms with E-state index in [-0.39, 0.29) is 44.8 Å². The quantitative estimate of drug-likeness (QED) is 0.0346. The van der Waals surface area contributed by atoms with E-state index in [0.29, 0.717) is 17.7 Å². The van der Waals surface area contributed by atoms with Crippen LogP contribution >= 0.6 is 0 Å². The molecule has 0 heterocycles. The first-order chi connectivity index (χ1) is 27.3. The molecule has 0 radical (unpaired) electrons. The molecule has 332 valence electrons. The highest BCUT2D eigenvalue weighted by atomic mass is 16.6. The van der Waals surface area contributed by atoms with E-state index < -0.39 is 30.6 Å². The molecule has 2 aromatic carbocycles. The van der Waals surface area contributed by atoms with Gasteiger partial charge in [0.2, 0.25) is 0 Å². The van der Waals surface area contributed by atoms with Crippen LogP contribution in [0.5, 0.6) is 11.5 Å². The molecular formula is C43H76O14. The third-order valence-corrected chi connectivity index (χ3v) is 7.66. The number of para-hydroxylation sites is 1. The van der Waals surface area contributed by atoms with Gasteiger partial charge in [-0.05, 0) is 56.7 Å². The van der Waals surface area contributed by atoms with Crippen molar-refractivity contribution in [2.24, 2.45) is 0 Å². The highest BCUT2D eigenvalue weighted by molar-refractivity contribution is 5.89. The molecule has 0 aromatic heterocycles. The second-order valence-electron chi connectivity index (χ2n) is 13.3.